The molecule has 0 radical (unpaired) electrons. The van der Waals surface area contributed by atoms with Gasteiger partial charge in [-0.15, -0.1) is 0 Å². The van der Waals surface area contributed by atoms with Crippen LogP contribution in [0.15, 0.2) is 48.7 Å². The number of para-hydroxylation sites is 1. The van der Waals surface area contributed by atoms with Crippen molar-refractivity contribution in [2.45, 2.75) is 0 Å². The Morgan fingerprint density at radius 2 is 1.89 bits per heavy atom. The molecule has 0 aliphatic carbocycles. The number of aromatic nitrogens is 1. The third kappa shape index (κ3) is 1.35. The molecule has 1 aromatic heterocycles. The van der Waals surface area contributed by atoms with Gasteiger partial charge in [0.1, 0.15) is 5.75 Å². The lowest BCUT2D eigenvalue weighted by molar-refractivity contribution is 0.417. The SMILES string of the molecule is COc1ccc2nccc3c2c1Nc1ccccc1-3. The largest absolute Gasteiger partial charge is 0.495 e. The molecule has 1 aliphatic heterocycles. The average Bonchev–Trinajstić information content (AvgIpc) is 2.48. The van der Waals surface area contributed by atoms with Gasteiger partial charge < -0.3 is 10.1 Å². The standard InChI is InChI=1S/C16H12N2O/c1-19-14-7-6-13-15-11(8-9-17-13)10-4-2-3-5-12(10)18-16(14)15/h2-9,18H,1H3. The Morgan fingerprint density at radius 3 is 2.79 bits per heavy atom. The summed E-state index contributed by atoms with van der Waals surface area (Å²) in [4.78, 5) is 4.44. The lowest BCUT2D eigenvalue weighted by atomic mass is 9.95. The first-order chi connectivity index (χ1) is 9.38. The van der Waals surface area contributed by atoms with Crippen molar-refractivity contribution < 1.29 is 4.74 Å². The van der Waals surface area contributed by atoms with Gasteiger partial charge in [-0.3, -0.25) is 4.98 Å². The highest BCUT2D eigenvalue weighted by molar-refractivity contribution is 6.11. The summed E-state index contributed by atoms with van der Waals surface area (Å²) >= 11 is 0. The summed E-state index contributed by atoms with van der Waals surface area (Å²) in [6.07, 6.45) is 1.86. The quantitative estimate of drug-likeness (QED) is 0.553. The van der Waals surface area contributed by atoms with E-state index in [4.69, 9.17) is 4.74 Å². The number of nitrogens with one attached hydrogen (secondary N) is 1. The second-order valence-corrected chi connectivity index (χ2v) is 4.57. The van der Waals surface area contributed by atoms with Crippen LogP contribution in [-0.2, 0) is 0 Å². The minimum absolute atomic E-state index is 0.844. The van der Waals surface area contributed by atoms with Crippen LogP contribution in [0, 0.1) is 0 Å². The maximum atomic E-state index is 5.46. The fraction of sp³-hybridized carbons (Fsp3) is 0.0625. The van der Waals surface area contributed by atoms with Gasteiger partial charge in [0.25, 0.3) is 0 Å². The summed E-state index contributed by atoms with van der Waals surface area (Å²) in [5, 5.41) is 4.58. The molecular formula is C16H12N2O. The number of pyridine rings is 1. The van der Waals surface area contributed by atoms with Crippen LogP contribution in [-0.4, -0.2) is 12.1 Å². The van der Waals surface area contributed by atoms with Gasteiger partial charge in [0, 0.05) is 22.8 Å². The summed E-state index contributed by atoms with van der Waals surface area (Å²) in [5.41, 5.74) is 5.49. The molecule has 0 fully saturated rings. The third-order valence-electron chi connectivity index (χ3n) is 3.57. The Morgan fingerprint density at radius 1 is 1.00 bits per heavy atom. The van der Waals surface area contributed by atoms with E-state index in [-0.39, 0.29) is 0 Å². The molecule has 0 unspecified atom stereocenters. The average molecular weight is 248 g/mol. The summed E-state index contributed by atoms with van der Waals surface area (Å²) in [5.74, 6) is 0.844. The summed E-state index contributed by atoms with van der Waals surface area (Å²) in [7, 11) is 1.69. The Kier molecular flexibility index (Phi) is 2.03. The molecular weight excluding hydrogens is 236 g/mol. The topological polar surface area (TPSA) is 34.1 Å². The number of anilines is 2. The molecule has 0 atom stereocenters. The van der Waals surface area contributed by atoms with Crippen LogP contribution in [0.5, 0.6) is 5.75 Å². The molecule has 2 aromatic carbocycles. The fourth-order valence-corrected chi connectivity index (χ4v) is 2.71. The predicted octanol–water partition coefficient (Wildman–Crippen LogP) is 3.97. The molecule has 1 N–H and O–H groups in total. The van der Waals surface area contributed by atoms with Crippen molar-refractivity contribution in [3.63, 3.8) is 0 Å². The van der Waals surface area contributed by atoms with Crippen molar-refractivity contribution in [3.05, 3.63) is 48.7 Å². The van der Waals surface area contributed by atoms with E-state index in [0.717, 1.165) is 28.0 Å². The Hall–Kier alpha value is -2.55. The van der Waals surface area contributed by atoms with Crippen LogP contribution in [0.2, 0.25) is 0 Å². The first-order valence-electron chi connectivity index (χ1n) is 6.20. The molecule has 0 saturated carbocycles. The van der Waals surface area contributed by atoms with Crippen LogP contribution in [0.3, 0.4) is 0 Å². The van der Waals surface area contributed by atoms with E-state index in [1.807, 2.05) is 24.4 Å². The van der Waals surface area contributed by atoms with E-state index in [2.05, 4.69) is 34.6 Å². The summed E-state index contributed by atoms with van der Waals surface area (Å²) in [6, 6.07) is 14.3. The Balaban J connectivity index is 2.18. The van der Waals surface area contributed by atoms with Crippen molar-refractivity contribution in [2.24, 2.45) is 0 Å². The number of benzene rings is 2. The minimum Gasteiger partial charge on any atom is -0.495 e. The first-order valence-corrected chi connectivity index (χ1v) is 6.20. The fourth-order valence-electron chi connectivity index (χ4n) is 2.71. The molecule has 0 bridgehead atoms. The Bertz CT molecular complexity index is 796. The predicted molar refractivity (Wildman–Crippen MR) is 77.0 cm³/mol. The van der Waals surface area contributed by atoms with Gasteiger partial charge in [-0.2, -0.15) is 0 Å². The maximum Gasteiger partial charge on any atom is 0.143 e. The van der Waals surface area contributed by atoms with Gasteiger partial charge in [0.15, 0.2) is 0 Å². The molecule has 4 rings (SSSR count). The second-order valence-electron chi connectivity index (χ2n) is 4.57. The second kappa shape index (κ2) is 3.72. The third-order valence-corrected chi connectivity index (χ3v) is 3.57. The van der Waals surface area contributed by atoms with Gasteiger partial charge in [-0.05, 0) is 29.8 Å². The summed E-state index contributed by atoms with van der Waals surface area (Å²) < 4.78 is 5.46. The highest BCUT2D eigenvalue weighted by Crippen LogP contribution is 2.46. The van der Waals surface area contributed by atoms with Gasteiger partial charge in [-0.25, -0.2) is 0 Å². The molecule has 0 amide bonds. The number of hydrogen-bond donors (Lipinski definition) is 1. The van der Waals surface area contributed by atoms with Crippen LogP contribution >= 0.6 is 0 Å². The molecule has 3 nitrogen and oxygen atoms in total. The normalized spacial score (nSPS) is 11.8. The monoisotopic (exact) mass is 248 g/mol. The molecule has 92 valence electrons. The molecule has 3 heteroatoms. The van der Waals surface area contributed by atoms with Crippen molar-refractivity contribution in [1.82, 2.24) is 4.98 Å². The lowest BCUT2D eigenvalue weighted by Crippen LogP contribution is -2.03. The molecule has 0 spiro atoms. The van der Waals surface area contributed by atoms with E-state index < -0.39 is 0 Å². The molecule has 2 heterocycles. The maximum absolute atomic E-state index is 5.46. The minimum atomic E-state index is 0.844. The van der Waals surface area contributed by atoms with Crippen LogP contribution in [0.25, 0.3) is 22.0 Å². The zero-order chi connectivity index (χ0) is 12.8. The molecule has 3 aromatic rings. The lowest BCUT2D eigenvalue weighted by Gasteiger charge is -2.23. The van der Waals surface area contributed by atoms with Crippen molar-refractivity contribution in [3.8, 4) is 16.9 Å². The zero-order valence-electron chi connectivity index (χ0n) is 10.5. The van der Waals surface area contributed by atoms with Crippen LogP contribution in [0.4, 0.5) is 11.4 Å². The van der Waals surface area contributed by atoms with Gasteiger partial charge in [0.05, 0.1) is 18.3 Å². The van der Waals surface area contributed by atoms with E-state index in [1.165, 1.54) is 11.1 Å². The number of rotatable bonds is 1. The van der Waals surface area contributed by atoms with E-state index in [0.29, 0.717) is 0 Å². The molecule has 0 saturated heterocycles. The van der Waals surface area contributed by atoms with E-state index in [1.54, 1.807) is 7.11 Å². The summed E-state index contributed by atoms with van der Waals surface area (Å²) in [6.45, 7) is 0. The number of methoxy groups -OCH3 is 1. The van der Waals surface area contributed by atoms with Crippen LogP contribution in [0.1, 0.15) is 0 Å². The first kappa shape index (κ1) is 10.4. The van der Waals surface area contributed by atoms with Crippen LogP contribution < -0.4 is 10.1 Å². The van der Waals surface area contributed by atoms with Crippen molar-refractivity contribution in [2.75, 3.05) is 12.4 Å². The van der Waals surface area contributed by atoms with Gasteiger partial charge >= 0.3 is 0 Å². The number of fused-ring (bicyclic) bond motifs is 2. The van der Waals surface area contributed by atoms with Gasteiger partial charge in [0.2, 0.25) is 0 Å². The molecule has 1 aliphatic rings. The van der Waals surface area contributed by atoms with Crippen molar-refractivity contribution in [1.29, 1.82) is 0 Å². The highest BCUT2D eigenvalue weighted by Gasteiger charge is 2.20. The number of hydrogen-bond acceptors (Lipinski definition) is 3. The van der Waals surface area contributed by atoms with Gasteiger partial charge in [-0.1, -0.05) is 18.2 Å². The smallest absolute Gasteiger partial charge is 0.143 e. The number of nitrogens with zero attached hydrogens (tertiary/aromatic N) is 1. The number of ether oxygens (including phenoxy) is 1. The molecule has 19 heavy (non-hydrogen) atoms. The van der Waals surface area contributed by atoms with E-state index >= 15 is 0 Å². The van der Waals surface area contributed by atoms with Crippen molar-refractivity contribution >= 4 is 22.3 Å². The zero-order valence-corrected chi connectivity index (χ0v) is 10.5. The highest BCUT2D eigenvalue weighted by atomic mass is 16.5. The van der Waals surface area contributed by atoms with E-state index in [9.17, 15) is 0 Å². The Labute approximate surface area is 110 Å².